The lowest BCUT2D eigenvalue weighted by Gasteiger charge is -2.10. The average Bonchev–Trinajstić information content (AvgIpc) is 2.76. The summed E-state index contributed by atoms with van der Waals surface area (Å²) in [6, 6.07) is 19.4. The Morgan fingerprint density at radius 2 is 1.67 bits per heavy atom. The second kappa shape index (κ2) is 10.0. The van der Waals surface area contributed by atoms with E-state index in [4.69, 9.17) is 9.47 Å². The largest absolute Gasteiger partial charge is 0.497 e. The van der Waals surface area contributed by atoms with E-state index in [1.807, 2.05) is 30.3 Å². The molecule has 1 N–H and O–H groups in total. The first-order chi connectivity index (χ1) is 14.5. The fourth-order valence-electron chi connectivity index (χ4n) is 2.69. The zero-order valence-electron chi connectivity index (χ0n) is 16.5. The first-order valence-corrected chi connectivity index (χ1v) is 11.0. The lowest BCUT2D eigenvalue weighted by Crippen LogP contribution is -2.34. The Balaban J connectivity index is 1.50. The third kappa shape index (κ3) is 6.16. The highest BCUT2D eigenvalue weighted by atomic mass is 32.2. The van der Waals surface area contributed by atoms with Crippen molar-refractivity contribution >= 4 is 10.0 Å². The van der Waals surface area contributed by atoms with Crippen LogP contribution >= 0.6 is 0 Å². The number of ether oxygens (including phenoxy) is 2. The molecule has 0 spiro atoms. The van der Waals surface area contributed by atoms with Crippen molar-refractivity contribution in [1.29, 1.82) is 0 Å². The molecule has 2 aromatic carbocycles. The number of hydrogen-bond donors (Lipinski definition) is 1. The summed E-state index contributed by atoms with van der Waals surface area (Å²) in [6.45, 7) is 0.178. The van der Waals surface area contributed by atoms with Crippen LogP contribution in [-0.4, -0.2) is 44.2 Å². The van der Waals surface area contributed by atoms with Gasteiger partial charge in [-0.2, -0.15) is 5.10 Å². The van der Waals surface area contributed by atoms with E-state index in [-0.39, 0.29) is 31.0 Å². The molecule has 0 aliphatic rings. The van der Waals surface area contributed by atoms with Crippen molar-refractivity contribution in [3.8, 4) is 22.8 Å². The van der Waals surface area contributed by atoms with E-state index >= 15 is 0 Å². The van der Waals surface area contributed by atoms with Gasteiger partial charge in [0.05, 0.1) is 25.1 Å². The van der Waals surface area contributed by atoms with Gasteiger partial charge in [0.25, 0.3) is 5.56 Å². The molecular formula is C21H23N3O5S. The molecule has 30 heavy (non-hydrogen) atoms. The molecule has 8 nitrogen and oxygen atoms in total. The van der Waals surface area contributed by atoms with Gasteiger partial charge in [-0.3, -0.25) is 4.79 Å². The number of aromatic nitrogens is 2. The maximum atomic E-state index is 12.2. The number of methoxy groups -OCH3 is 1. The van der Waals surface area contributed by atoms with Crippen LogP contribution in [0.3, 0.4) is 0 Å². The summed E-state index contributed by atoms with van der Waals surface area (Å²) in [7, 11) is -1.99. The Labute approximate surface area is 175 Å². The molecular weight excluding hydrogens is 406 g/mol. The summed E-state index contributed by atoms with van der Waals surface area (Å²) in [5, 5.41) is 4.31. The number of nitrogens with zero attached hydrogens (tertiary/aromatic N) is 2. The second-order valence-corrected chi connectivity index (χ2v) is 8.31. The monoisotopic (exact) mass is 429 g/mol. The van der Waals surface area contributed by atoms with Crippen LogP contribution in [0.2, 0.25) is 0 Å². The lowest BCUT2D eigenvalue weighted by molar-refractivity contribution is 0.339. The molecule has 0 aliphatic heterocycles. The molecule has 9 heteroatoms. The molecule has 0 aliphatic carbocycles. The van der Waals surface area contributed by atoms with E-state index in [9.17, 15) is 13.2 Å². The molecule has 0 bridgehead atoms. The molecule has 3 aromatic rings. The Hall–Kier alpha value is -3.17. The third-order valence-electron chi connectivity index (χ3n) is 4.26. The molecule has 0 atom stereocenters. The van der Waals surface area contributed by atoms with Crippen LogP contribution in [0.1, 0.15) is 0 Å². The van der Waals surface area contributed by atoms with Crippen LogP contribution in [0.15, 0.2) is 71.5 Å². The van der Waals surface area contributed by atoms with E-state index in [0.29, 0.717) is 17.2 Å². The van der Waals surface area contributed by atoms with Crippen molar-refractivity contribution < 1.29 is 17.9 Å². The minimum Gasteiger partial charge on any atom is -0.497 e. The van der Waals surface area contributed by atoms with Gasteiger partial charge in [-0.15, -0.1) is 0 Å². The SMILES string of the molecule is COc1ccc(OCCS(=O)(=O)NCCn2nc(-c3ccccc3)ccc2=O)cc1. The van der Waals surface area contributed by atoms with Crippen LogP contribution in [0.5, 0.6) is 11.5 Å². The molecule has 3 rings (SSSR count). The molecule has 0 radical (unpaired) electrons. The topological polar surface area (TPSA) is 99.5 Å². The summed E-state index contributed by atoms with van der Waals surface area (Å²) in [4.78, 5) is 12.0. The Kier molecular flexibility index (Phi) is 7.21. The van der Waals surface area contributed by atoms with Crippen molar-refractivity contribution in [2.24, 2.45) is 0 Å². The van der Waals surface area contributed by atoms with Gasteiger partial charge in [-0.25, -0.2) is 17.8 Å². The minimum atomic E-state index is -3.55. The van der Waals surface area contributed by atoms with Crippen LogP contribution < -0.4 is 19.8 Å². The van der Waals surface area contributed by atoms with E-state index in [1.54, 1.807) is 37.4 Å². The van der Waals surface area contributed by atoms with Gasteiger partial charge in [0.15, 0.2) is 0 Å². The van der Waals surface area contributed by atoms with Gasteiger partial charge in [0, 0.05) is 18.2 Å². The number of rotatable bonds is 10. The quantitative estimate of drug-likeness (QED) is 0.529. The first kappa shape index (κ1) is 21.5. The standard InChI is InChI=1S/C21H23N3O5S/c1-28-18-7-9-19(10-8-18)29-15-16-30(26,27)22-13-14-24-21(25)12-11-20(23-24)17-5-3-2-4-6-17/h2-12,22H,13-16H2,1H3. The predicted octanol–water partition coefficient (Wildman–Crippen LogP) is 1.92. The van der Waals surface area contributed by atoms with Crippen molar-refractivity contribution in [3.05, 3.63) is 77.1 Å². The summed E-state index contributed by atoms with van der Waals surface area (Å²) < 4.78 is 38.6. The number of sulfonamides is 1. The molecule has 0 fully saturated rings. The normalized spacial score (nSPS) is 11.2. The van der Waals surface area contributed by atoms with Gasteiger partial charge < -0.3 is 9.47 Å². The summed E-state index contributed by atoms with van der Waals surface area (Å²) in [5.74, 6) is 1.04. The summed E-state index contributed by atoms with van der Waals surface area (Å²) >= 11 is 0. The van der Waals surface area contributed by atoms with E-state index < -0.39 is 10.0 Å². The zero-order valence-corrected chi connectivity index (χ0v) is 17.3. The number of nitrogens with one attached hydrogen (secondary N) is 1. The van der Waals surface area contributed by atoms with Crippen molar-refractivity contribution in [2.45, 2.75) is 6.54 Å². The molecule has 1 aromatic heterocycles. The maximum Gasteiger partial charge on any atom is 0.266 e. The van der Waals surface area contributed by atoms with Gasteiger partial charge in [-0.1, -0.05) is 30.3 Å². The maximum absolute atomic E-state index is 12.2. The highest BCUT2D eigenvalue weighted by Crippen LogP contribution is 2.17. The highest BCUT2D eigenvalue weighted by Gasteiger charge is 2.11. The third-order valence-corrected chi connectivity index (χ3v) is 5.61. The molecule has 0 amide bonds. The molecule has 1 heterocycles. The van der Waals surface area contributed by atoms with E-state index in [1.165, 1.54) is 10.7 Å². The first-order valence-electron chi connectivity index (χ1n) is 9.35. The molecule has 158 valence electrons. The van der Waals surface area contributed by atoms with Crippen LogP contribution in [-0.2, 0) is 16.6 Å². The van der Waals surface area contributed by atoms with Gasteiger partial charge in [0.1, 0.15) is 18.1 Å². The summed E-state index contributed by atoms with van der Waals surface area (Å²) in [6.07, 6.45) is 0. The summed E-state index contributed by atoms with van der Waals surface area (Å²) in [5.41, 5.74) is 1.23. The fraction of sp³-hybridized carbons (Fsp3) is 0.238. The fourth-order valence-corrected chi connectivity index (χ4v) is 3.54. The van der Waals surface area contributed by atoms with Crippen LogP contribution in [0.25, 0.3) is 11.3 Å². The predicted molar refractivity (Wildman–Crippen MR) is 114 cm³/mol. The smallest absolute Gasteiger partial charge is 0.266 e. The van der Waals surface area contributed by atoms with Gasteiger partial charge in [-0.05, 0) is 30.3 Å². The number of hydrogen-bond acceptors (Lipinski definition) is 6. The van der Waals surface area contributed by atoms with E-state index in [2.05, 4.69) is 9.82 Å². The van der Waals surface area contributed by atoms with Crippen LogP contribution in [0, 0.1) is 0 Å². The van der Waals surface area contributed by atoms with Crippen molar-refractivity contribution in [2.75, 3.05) is 26.0 Å². The Morgan fingerprint density at radius 3 is 2.37 bits per heavy atom. The lowest BCUT2D eigenvalue weighted by atomic mass is 10.1. The Bertz CT molecular complexity index is 1110. The number of benzene rings is 2. The molecule has 0 saturated heterocycles. The van der Waals surface area contributed by atoms with Gasteiger partial charge >= 0.3 is 0 Å². The zero-order chi connectivity index (χ0) is 21.4. The molecule has 0 unspecified atom stereocenters. The Morgan fingerprint density at radius 1 is 0.967 bits per heavy atom. The minimum absolute atomic E-state index is 0.00333. The van der Waals surface area contributed by atoms with E-state index in [0.717, 1.165) is 5.56 Å². The van der Waals surface area contributed by atoms with Crippen molar-refractivity contribution in [1.82, 2.24) is 14.5 Å². The van der Waals surface area contributed by atoms with Crippen molar-refractivity contribution in [3.63, 3.8) is 0 Å². The van der Waals surface area contributed by atoms with Gasteiger partial charge in [0.2, 0.25) is 10.0 Å². The molecule has 0 saturated carbocycles. The van der Waals surface area contributed by atoms with Crippen LogP contribution in [0.4, 0.5) is 0 Å². The second-order valence-electron chi connectivity index (χ2n) is 6.38. The highest BCUT2D eigenvalue weighted by molar-refractivity contribution is 7.89. The average molecular weight is 429 g/mol.